The van der Waals surface area contributed by atoms with Gasteiger partial charge in [-0.15, -0.1) is 0 Å². The molecule has 1 aliphatic rings. The van der Waals surface area contributed by atoms with Crippen molar-refractivity contribution in [1.29, 1.82) is 0 Å². The number of hydrogen-bond acceptors (Lipinski definition) is 2. The van der Waals surface area contributed by atoms with E-state index in [0.29, 0.717) is 6.54 Å². The van der Waals surface area contributed by atoms with Gasteiger partial charge in [0, 0.05) is 5.69 Å². The molecule has 0 fully saturated rings. The summed E-state index contributed by atoms with van der Waals surface area (Å²) < 4.78 is 0. The summed E-state index contributed by atoms with van der Waals surface area (Å²) in [5.41, 5.74) is 3.47. The molecule has 0 spiro atoms. The van der Waals surface area contributed by atoms with E-state index in [0.717, 1.165) is 18.5 Å². The molecule has 0 atom stereocenters. The third-order valence-corrected chi connectivity index (χ3v) is 2.61. The highest BCUT2D eigenvalue weighted by Crippen LogP contribution is 2.19. The molecule has 0 unspecified atom stereocenters. The number of nitrogens with zero attached hydrogens (tertiary/aromatic N) is 1. The number of rotatable bonds is 3. The molecular weight excluding hydrogens is 188 g/mol. The Kier molecular flexibility index (Phi) is 2.81. The zero-order valence-corrected chi connectivity index (χ0v) is 8.62. The van der Waals surface area contributed by atoms with Crippen LogP contribution in [0.5, 0.6) is 0 Å². The number of pyridine rings is 1. The summed E-state index contributed by atoms with van der Waals surface area (Å²) in [5.74, 6) is -0.155. The van der Waals surface area contributed by atoms with Crippen molar-refractivity contribution in [2.24, 2.45) is 0 Å². The molecule has 3 heteroatoms. The molecular formula is C12H14N2O. The Morgan fingerprint density at radius 1 is 1.53 bits per heavy atom. The molecule has 0 radical (unpaired) electrons. The van der Waals surface area contributed by atoms with Gasteiger partial charge in [-0.1, -0.05) is 12.6 Å². The molecule has 0 saturated carbocycles. The summed E-state index contributed by atoms with van der Waals surface area (Å²) in [6.45, 7) is 3.88. The number of fused-ring (bicyclic) bond motifs is 1. The number of carbonyl (C=O) groups is 1. The van der Waals surface area contributed by atoms with Crippen LogP contribution in [0, 0.1) is 0 Å². The van der Waals surface area contributed by atoms with Gasteiger partial charge < -0.3 is 5.32 Å². The Balaban J connectivity index is 2.04. The minimum absolute atomic E-state index is 0.155. The molecule has 1 amide bonds. The van der Waals surface area contributed by atoms with Crippen LogP contribution in [-0.2, 0) is 24.2 Å². The summed E-state index contributed by atoms with van der Waals surface area (Å²) in [6.07, 6.45) is 4.68. The lowest BCUT2D eigenvalue weighted by molar-refractivity contribution is -0.116. The smallest absolute Gasteiger partial charge is 0.243 e. The maximum Gasteiger partial charge on any atom is 0.243 e. The predicted octanol–water partition coefficient (Wildman–Crippen LogP) is 1.37. The van der Waals surface area contributed by atoms with Crippen molar-refractivity contribution < 1.29 is 4.79 Å². The van der Waals surface area contributed by atoms with Crippen LogP contribution >= 0.6 is 0 Å². The van der Waals surface area contributed by atoms with E-state index in [9.17, 15) is 4.79 Å². The minimum atomic E-state index is -0.155. The average molecular weight is 202 g/mol. The minimum Gasteiger partial charge on any atom is -0.347 e. The van der Waals surface area contributed by atoms with Crippen molar-refractivity contribution in [3.8, 4) is 0 Å². The Labute approximate surface area is 89.2 Å². The van der Waals surface area contributed by atoms with Crippen LogP contribution < -0.4 is 5.32 Å². The standard InChI is InChI=1S/C12H14N2O/c1-2-12(15)13-8-10-7-6-9-4-3-5-11(9)14-10/h2,6-7H,1,3-5,8H2,(H,13,15). The van der Waals surface area contributed by atoms with E-state index in [4.69, 9.17) is 0 Å². The molecule has 1 aromatic rings. The highest BCUT2D eigenvalue weighted by Gasteiger charge is 2.12. The van der Waals surface area contributed by atoms with Gasteiger partial charge >= 0.3 is 0 Å². The fraction of sp³-hybridized carbons (Fsp3) is 0.333. The normalized spacial score (nSPS) is 13.3. The van der Waals surface area contributed by atoms with E-state index in [1.165, 1.54) is 23.8 Å². The van der Waals surface area contributed by atoms with Crippen molar-refractivity contribution in [2.75, 3.05) is 0 Å². The highest BCUT2D eigenvalue weighted by molar-refractivity contribution is 5.86. The van der Waals surface area contributed by atoms with Gasteiger partial charge in [-0.2, -0.15) is 0 Å². The maximum atomic E-state index is 11.0. The van der Waals surface area contributed by atoms with Crippen molar-refractivity contribution in [3.05, 3.63) is 41.7 Å². The summed E-state index contributed by atoms with van der Waals surface area (Å²) in [6, 6.07) is 4.10. The number of carbonyl (C=O) groups excluding carboxylic acids is 1. The Bertz CT molecular complexity index is 399. The van der Waals surface area contributed by atoms with Gasteiger partial charge in [0.05, 0.1) is 12.2 Å². The van der Waals surface area contributed by atoms with Gasteiger partial charge in [-0.3, -0.25) is 9.78 Å². The number of amides is 1. The summed E-state index contributed by atoms with van der Waals surface area (Å²) in [5, 5.41) is 2.72. The van der Waals surface area contributed by atoms with Crippen molar-refractivity contribution in [3.63, 3.8) is 0 Å². The van der Waals surface area contributed by atoms with Gasteiger partial charge in [0.25, 0.3) is 0 Å². The lowest BCUT2D eigenvalue weighted by Crippen LogP contribution is -2.20. The van der Waals surface area contributed by atoms with Crippen LogP contribution in [0.2, 0.25) is 0 Å². The third kappa shape index (κ3) is 2.24. The molecule has 1 aliphatic carbocycles. The maximum absolute atomic E-state index is 11.0. The molecule has 1 heterocycles. The third-order valence-electron chi connectivity index (χ3n) is 2.61. The first-order chi connectivity index (χ1) is 7.29. The molecule has 1 aromatic heterocycles. The Morgan fingerprint density at radius 3 is 3.20 bits per heavy atom. The predicted molar refractivity (Wildman–Crippen MR) is 58.3 cm³/mol. The molecule has 2 rings (SSSR count). The topological polar surface area (TPSA) is 42.0 Å². The van der Waals surface area contributed by atoms with Gasteiger partial charge in [0.1, 0.15) is 0 Å². The van der Waals surface area contributed by atoms with Gasteiger partial charge in [0.2, 0.25) is 5.91 Å². The first-order valence-corrected chi connectivity index (χ1v) is 5.17. The van der Waals surface area contributed by atoms with E-state index < -0.39 is 0 Å². The summed E-state index contributed by atoms with van der Waals surface area (Å²) in [7, 11) is 0. The quantitative estimate of drug-likeness (QED) is 0.752. The van der Waals surface area contributed by atoms with Crippen molar-refractivity contribution in [1.82, 2.24) is 10.3 Å². The fourth-order valence-electron chi connectivity index (χ4n) is 1.81. The van der Waals surface area contributed by atoms with Crippen molar-refractivity contribution >= 4 is 5.91 Å². The molecule has 0 aromatic carbocycles. The largest absolute Gasteiger partial charge is 0.347 e. The zero-order chi connectivity index (χ0) is 10.7. The lowest BCUT2D eigenvalue weighted by Gasteiger charge is -2.04. The number of nitrogens with one attached hydrogen (secondary N) is 1. The number of aromatic nitrogens is 1. The number of aryl methyl sites for hydroxylation is 2. The van der Waals surface area contributed by atoms with Crippen LogP contribution in [0.15, 0.2) is 24.8 Å². The molecule has 0 bridgehead atoms. The molecule has 78 valence electrons. The van der Waals surface area contributed by atoms with E-state index >= 15 is 0 Å². The van der Waals surface area contributed by atoms with E-state index in [-0.39, 0.29) is 5.91 Å². The number of hydrogen-bond donors (Lipinski definition) is 1. The second kappa shape index (κ2) is 4.26. The first kappa shape index (κ1) is 9.90. The first-order valence-electron chi connectivity index (χ1n) is 5.17. The Hall–Kier alpha value is -1.64. The molecule has 1 N–H and O–H groups in total. The average Bonchev–Trinajstić information content (AvgIpc) is 2.72. The highest BCUT2D eigenvalue weighted by atomic mass is 16.1. The SMILES string of the molecule is C=CC(=O)NCc1ccc2c(n1)CCC2. The second-order valence-corrected chi connectivity index (χ2v) is 3.68. The monoisotopic (exact) mass is 202 g/mol. The molecule has 0 aliphatic heterocycles. The van der Waals surface area contributed by atoms with Gasteiger partial charge in [0.15, 0.2) is 0 Å². The van der Waals surface area contributed by atoms with E-state index in [1.54, 1.807) is 0 Å². The Morgan fingerprint density at radius 2 is 2.40 bits per heavy atom. The molecule has 3 nitrogen and oxygen atoms in total. The van der Waals surface area contributed by atoms with Crippen LogP contribution in [0.4, 0.5) is 0 Å². The second-order valence-electron chi connectivity index (χ2n) is 3.68. The summed E-state index contributed by atoms with van der Waals surface area (Å²) in [4.78, 5) is 15.5. The van der Waals surface area contributed by atoms with Gasteiger partial charge in [-0.05, 0) is 37.0 Å². The van der Waals surface area contributed by atoms with Crippen molar-refractivity contribution in [2.45, 2.75) is 25.8 Å². The molecule has 15 heavy (non-hydrogen) atoms. The fourth-order valence-corrected chi connectivity index (χ4v) is 1.81. The lowest BCUT2D eigenvalue weighted by atomic mass is 10.2. The molecule has 0 saturated heterocycles. The van der Waals surface area contributed by atoms with E-state index in [2.05, 4.69) is 22.9 Å². The van der Waals surface area contributed by atoms with Crippen LogP contribution in [0.1, 0.15) is 23.4 Å². The zero-order valence-electron chi connectivity index (χ0n) is 8.62. The van der Waals surface area contributed by atoms with Crippen LogP contribution in [0.25, 0.3) is 0 Å². The summed E-state index contributed by atoms with van der Waals surface area (Å²) >= 11 is 0. The van der Waals surface area contributed by atoms with E-state index in [1.807, 2.05) is 6.07 Å². The van der Waals surface area contributed by atoms with Gasteiger partial charge in [-0.25, -0.2) is 0 Å². The van der Waals surface area contributed by atoms with Crippen LogP contribution in [0.3, 0.4) is 0 Å². The van der Waals surface area contributed by atoms with Crippen LogP contribution in [-0.4, -0.2) is 10.9 Å².